The average Bonchev–Trinajstić information content (AvgIpc) is 3.15. The fourth-order valence-electron chi connectivity index (χ4n) is 4.57. The SMILES string of the molecule is CCNc1cccc(-c2ccccc2-n2c(=O)c(-c3ccccc3)c(-c3ccccc3)n2C)c1. The highest BCUT2D eigenvalue weighted by Gasteiger charge is 2.23. The van der Waals surface area contributed by atoms with Crippen molar-refractivity contribution >= 4 is 5.69 Å². The van der Waals surface area contributed by atoms with Crippen molar-refractivity contribution in [2.45, 2.75) is 6.92 Å². The van der Waals surface area contributed by atoms with E-state index in [2.05, 4.69) is 48.6 Å². The van der Waals surface area contributed by atoms with Gasteiger partial charge in [0.25, 0.3) is 5.56 Å². The summed E-state index contributed by atoms with van der Waals surface area (Å²) < 4.78 is 3.77. The monoisotopic (exact) mass is 445 g/mol. The standard InChI is InChI=1S/C30H27N3O/c1-3-31-25-18-12-17-24(21-25)26-19-10-11-20-27(26)33-30(34)28(22-13-6-4-7-14-22)29(32(33)2)23-15-8-5-9-16-23/h4-21,31H,3H2,1-2H3. The molecule has 5 aromatic rings. The zero-order valence-electron chi connectivity index (χ0n) is 19.4. The van der Waals surface area contributed by atoms with Gasteiger partial charge >= 0.3 is 0 Å². The molecule has 34 heavy (non-hydrogen) atoms. The largest absolute Gasteiger partial charge is 0.385 e. The van der Waals surface area contributed by atoms with E-state index in [1.54, 1.807) is 4.68 Å². The summed E-state index contributed by atoms with van der Waals surface area (Å²) in [5.41, 5.74) is 7.45. The number of aromatic nitrogens is 2. The minimum atomic E-state index is -0.0390. The molecule has 168 valence electrons. The normalized spacial score (nSPS) is 10.9. The maximum absolute atomic E-state index is 14.1. The zero-order valence-corrected chi connectivity index (χ0v) is 19.4. The van der Waals surface area contributed by atoms with Crippen molar-refractivity contribution in [2.24, 2.45) is 7.05 Å². The van der Waals surface area contributed by atoms with Crippen molar-refractivity contribution in [1.29, 1.82) is 0 Å². The van der Waals surface area contributed by atoms with Crippen molar-refractivity contribution in [2.75, 3.05) is 11.9 Å². The quantitative estimate of drug-likeness (QED) is 0.319. The third kappa shape index (κ3) is 3.84. The smallest absolute Gasteiger partial charge is 0.279 e. The van der Waals surface area contributed by atoms with E-state index in [0.717, 1.165) is 45.9 Å². The van der Waals surface area contributed by atoms with E-state index in [4.69, 9.17) is 0 Å². The maximum Gasteiger partial charge on any atom is 0.279 e. The van der Waals surface area contributed by atoms with E-state index in [1.807, 2.05) is 84.5 Å². The van der Waals surface area contributed by atoms with Gasteiger partial charge in [0.15, 0.2) is 0 Å². The lowest BCUT2D eigenvalue weighted by molar-refractivity contribution is 0.653. The molecule has 4 nitrogen and oxygen atoms in total. The summed E-state index contributed by atoms with van der Waals surface area (Å²) in [6.07, 6.45) is 0. The van der Waals surface area contributed by atoms with E-state index in [0.29, 0.717) is 5.56 Å². The third-order valence-electron chi connectivity index (χ3n) is 6.06. The first-order chi connectivity index (χ1) is 16.7. The Balaban J connectivity index is 1.79. The highest BCUT2D eigenvalue weighted by atomic mass is 16.1. The zero-order chi connectivity index (χ0) is 23.5. The molecule has 0 unspecified atom stereocenters. The van der Waals surface area contributed by atoms with Crippen molar-refractivity contribution in [3.63, 3.8) is 0 Å². The van der Waals surface area contributed by atoms with Crippen LogP contribution in [0.2, 0.25) is 0 Å². The molecular formula is C30H27N3O. The molecule has 0 aliphatic carbocycles. The van der Waals surface area contributed by atoms with Crippen molar-refractivity contribution in [3.8, 4) is 39.2 Å². The molecule has 0 atom stereocenters. The Morgan fingerprint density at radius 2 is 1.32 bits per heavy atom. The summed E-state index contributed by atoms with van der Waals surface area (Å²) in [6, 6.07) is 36.4. The van der Waals surface area contributed by atoms with Gasteiger partial charge in [0, 0.05) is 30.4 Å². The predicted molar refractivity (Wildman–Crippen MR) is 141 cm³/mol. The molecule has 5 rings (SSSR count). The lowest BCUT2D eigenvalue weighted by Gasteiger charge is -2.15. The van der Waals surface area contributed by atoms with Gasteiger partial charge in [0.1, 0.15) is 0 Å². The molecule has 0 fully saturated rings. The summed E-state index contributed by atoms with van der Waals surface area (Å²) in [7, 11) is 1.96. The van der Waals surface area contributed by atoms with Gasteiger partial charge in [-0.2, -0.15) is 0 Å². The van der Waals surface area contributed by atoms with Crippen LogP contribution < -0.4 is 10.9 Å². The third-order valence-corrected chi connectivity index (χ3v) is 6.06. The van der Waals surface area contributed by atoms with Crippen LogP contribution in [0.25, 0.3) is 39.2 Å². The van der Waals surface area contributed by atoms with Crippen LogP contribution in [0.3, 0.4) is 0 Å². The van der Waals surface area contributed by atoms with Crippen molar-refractivity contribution in [1.82, 2.24) is 9.36 Å². The molecule has 1 N–H and O–H groups in total. The number of benzene rings is 4. The van der Waals surface area contributed by atoms with Crippen LogP contribution in [-0.2, 0) is 7.05 Å². The van der Waals surface area contributed by atoms with E-state index in [-0.39, 0.29) is 5.56 Å². The number of nitrogens with zero attached hydrogens (tertiary/aromatic N) is 2. The van der Waals surface area contributed by atoms with Crippen LogP contribution in [0, 0.1) is 0 Å². The van der Waals surface area contributed by atoms with E-state index in [9.17, 15) is 4.79 Å². The van der Waals surface area contributed by atoms with Gasteiger partial charge in [0.05, 0.1) is 16.9 Å². The van der Waals surface area contributed by atoms with Gasteiger partial charge in [-0.05, 0) is 36.2 Å². The van der Waals surface area contributed by atoms with Crippen molar-refractivity contribution < 1.29 is 0 Å². The summed E-state index contributed by atoms with van der Waals surface area (Å²) in [5, 5.41) is 3.38. The van der Waals surface area contributed by atoms with Gasteiger partial charge < -0.3 is 5.32 Å². The second kappa shape index (κ2) is 9.28. The van der Waals surface area contributed by atoms with Crippen LogP contribution in [-0.4, -0.2) is 15.9 Å². The Hall–Kier alpha value is -4.31. The molecule has 4 aromatic carbocycles. The van der Waals surface area contributed by atoms with Gasteiger partial charge in [-0.3, -0.25) is 9.48 Å². The second-order valence-corrected chi connectivity index (χ2v) is 8.22. The average molecular weight is 446 g/mol. The highest BCUT2D eigenvalue weighted by Crippen LogP contribution is 2.33. The first-order valence-electron chi connectivity index (χ1n) is 11.6. The first kappa shape index (κ1) is 21.5. The summed E-state index contributed by atoms with van der Waals surface area (Å²) in [4.78, 5) is 14.1. The van der Waals surface area contributed by atoms with Crippen LogP contribution in [0.15, 0.2) is 114 Å². The highest BCUT2D eigenvalue weighted by molar-refractivity contribution is 5.82. The van der Waals surface area contributed by atoms with E-state index < -0.39 is 0 Å². The number of para-hydroxylation sites is 1. The Kier molecular flexibility index (Phi) is 5.88. The number of anilines is 1. The van der Waals surface area contributed by atoms with Crippen LogP contribution >= 0.6 is 0 Å². The Morgan fingerprint density at radius 3 is 2.03 bits per heavy atom. The van der Waals surface area contributed by atoms with Crippen LogP contribution in [0.5, 0.6) is 0 Å². The lowest BCUT2D eigenvalue weighted by Crippen LogP contribution is -2.21. The van der Waals surface area contributed by atoms with Gasteiger partial charge in [-0.15, -0.1) is 0 Å². The molecule has 0 saturated heterocycles. The van der Waals surface area contributed by atoms with Crippen molar-refractivity contribution in [3.05, 3.63) is 120 Å². The Bertz CT molecular complexity index is 1480. The Labute approximate surface area is 199 Å². The molecule has 1 aromatic heterocycles. The number of nitrogens with one attached hydrogen (secondary N) is 1. The molecular weight excluding hydrogens is 418 g/mol. The van der Waals surface area contributed by atoms with Gasteiger partial charge in [-0.1, -0.05) is 91.0 Å². The summed E-state index contributed by atoms with van der Waals surface area (Å²) >= 11 is 0. The number of rotatable bonds is 6. The molecule has 4 heteroatoms. The number of hydrogen-bond donors (Lipinski definition) is 1. The minimum Gasteiger partial charge on any atom is -0.385 e. The van der Waals surface area contributed by atoms with E-state index in [1.165, 1.54) is 0 Å². The van der Waals surface area contributed by atoms with E-state index >= 15 is 0 Å². The molecule has 0 spiro atoms. The summed E-state index contributed by atoms with van der Waals surface area (Å²) in [6.45, 7) is 2.93. The molecule has 0 amide bonds. The maximum atomic E-state index is 14.1. The second-order valence-electron chi connectivity index (χ2n) is 8.22. The molecule has 0 bridgehead atoms. The topological polar surface area (TPSA) is 39.0 Å². The number of hydrogen-bond acceptors (Lipinski definition) is 2. The summed E-state index contributed by atoms with van der Waals surface area (Å²) in [5.74, 6) is 0. The molecule has 1 heterocycles. The minimum absolute atomic E-state index is 0.0390. The van der Waals surface area contributed by atoms with Gasteiger partial charge in [0.2, 0.25) is 0 Å². The van der Waals surface area contributed by atoms with Crippen LogP contribution in [0.4, 0.5) is 5.69 Å². The fourth-order valence-corrected chi connectivity index (χ4v) is 4.57. The molecule has 0 aliphatic rings. The van der Waals surface area contributed by atoms with Crippen LogP contribution in [0.1, 0.15) is 6.92 Å². The molecule has 0 saturated carbocycles. The first-order valence-corrected chi connectivity index (χ1v) is 11.6. The van der Waals surface area contributed by atoms with Gasteiger partial charge in [-0.25, -0.2) is 4.68 Å². The lowest BCUT2D eigenvalue weighted by atomic mass is 10.0. The fraction of sp³-hybridized carbons (Fsp3) is 0.100. The predicted octanol–water partition coefficient (Wildman–Crippen LogP) is 6.61. The molecule has 0 aliphatic heterocycles. The Morgan fingerprint density at radius 1 is 0.706 bits per heavy atom. The molecule has 0 radical (unpaired) electrons.